The maximum atomic E-state index is 9.22. The van der Waals surface area contributed by atoms with Crippen molar-refractivity contribution < 1.29 is 5.11 Å². The molecule has 0 aliphatic carbocycles. The zero-order valence-electron chi connectivity index (χ0n) is 11.7. The van der Waals surface area contributed by atoms with Crippen LogP contribution in [-0.2, 0) is 19.4 Å². The lowest BCUT2D eigenvalue weighted by atomic mass is 10.1. The Morgan fingerprint density at radius 2 is 1.76 bits per heavy atom. The molecule has 0 bridgehead atoms. The fourth-order valence-electron chi connectivity index (χ4n) is 2.32. The topological polar surface area (TPSA) is 50.9 Å². The second kappa shape index (κ2) is 6.33. The zero-order valence-corrected chi connectivity index (χ0v) is 11.7. The molecule has 3 rings (SSSR count). The number of aryl methyl sites for hydroxylation is 2. The highest BCUT2D eigenvalue weighted by molar-refractivity contribution is 5.29. The SMILES string of the molecule is OCc1ccnc(-n2nccc2CCc2ccccc2)c1. The molecule has 0 saturated carbocycles. The van der Waals surface area contributed by atoms with Crippen molar-refractivity contribution in [2.24, 2.45) is 0 Å². The first-order chi connectivity index (χ1) is 10.4. The number of hydrogen-bond acceptors (Lipinski definition) is 3. The number of aliphatic hydroxyl groups excluding tert-OH is 1. The van der Waals surface area contributed by atoms with Crippen LogP contribution in [-0.4, -0.2) is 19.9 Å². The summed E-state index contributed by atoms with van der Waals surface area (Å²) in [4.78, 5) is 4.33. The molecule has 4 nitrogen and oxygen atoms in total. The molecule has 0 fully saturated rings. The van der Waals surface area contributed by atoms with Gasteiger partial charge in [0.15, 0.2) is 5.82 Å². The van der Waals surface area contributed by atoms with Crippen LogP contribution in [0.2, 0.25) is 0 Å². The second-order valence-corrected chi connectivity index (χ2v) is 4.90. The molecule has 21 heavy (non-hydrogen) atoms. The maximum Gasteiger partial charge on any atom is 0.153 e. The monoisotopic (exact) mass is 279 g/mol. The molecule has 0 amide bonds. The van der Waals surface area contributed by atoms with Gasteiger partial charge in [0.05, 0.1) is 6.61 Å². The van der Waals surface area contributed by atoms with Crippen LogP contribution < -0.4 is 0 Å². The molecular weight excluding hydrogens is 262 g/mol. The van der Waals surface area contributed by atoms with E-state index in [0.29, 0.717) is 0 Å². The predicted molar refractivity (Wildman–Crippen MR) is 81.1 cm³/mol. The normalized spacial score (nSPS) is 10.7. The minimum Gasteiger partial charge on any atom is -0.392 e. The number of rotatable bonds is 5. The molecule has 2 heterocycles. The summed E-state index contributed by atoms with van der Waals surface area (Å²) in [5.74, 6) is 0.745. The van der Waals surface area contributed by atoms with E-state index in [9.17, 15) is 5.11 Å². The Hall–Kier alpha value is -2.46. The number of nitrogens with zero attached hydrogens (tertiary/aromatic N) is 3. The molecule has 0 aliphatic rings. The van der Waals surface area contributed by atoms with Gasteiger partial charge in [-0.05, 0) is 42.2 Å². The third-order valence-corrected chi connectivity index (χ3v) is 3.44. The van der Waals surface area contributed by atoms with Crippen LogP contribution >= 0.6 is 0 Å². The van der Waals surface area contributed by atoms with Crippen LogP contribution in [0.1, 0.15) is 16.8 Å². The van der Waals surface area contributed by atoms with E-state index < -0.39 is 0 Å². The Labute approximate surface area is 123 Å². The summed E-state index contributed by atoms with van der Waals surface area (Å²) in [7, 11) is 0. The largest absolute Gasteiger partial charge is 0.392 e. The minimum atomic E-state index is 0.0101. The fourth-order valence-corrected chi connectivity index (χ4v) is 2.32. The summed E-state index contributed by atoms with van der Waals surface area (Å²) in [6.07, 6.45) is 5.35. The number of pyridine rings is 1. The van der Waals surface area contributed by atoms with E-state index in [2.05, 4.69) is 34.3 Å². The summed E-state index contributed by atoms with van der Waals surface area (Å²) in [6, 6.07) is 16.1. The lowest BCUT2D eigenvalue weighted by Gasteiger charge is -2.08. The third-order valence-electron chi connectivity index (χ3n) is 3.44. The Morgan fingerprint density at radius 3 is 2.57 bits per heavy atom. The van der Waals surface area contributed by atoms with E-state index in [1.165, 1.54) is 5.56 Å². The van der Waals surface area contributed by atoms with Crippen molar-refractivity contribution in [3.63, 3.8) is 0 Å². The molecule has 1 N–H and O–H groups in total. The Bertz CT molecular complexity index is 707. The Balaban J connectivity index is 1.80. The summed E-state index contributed by atoms with van der Waals surface area (Å²) in [5, 5.41) is 13.6. The number of aromatic nitrogens is 3. The van der Waals surface area contributed by atoms with Crippen LogP contribution in [0, 0.1) is 0 Å². The standard InChI is InChI=1S/C17H17N3O/c21-13-15-8-10-18-17(12-15)20-16(9-11-19-20)7-6-14-4-2-1-3-5-14/h1-5,8-12,21H,6-7,13H2. The van der Waals surface area contributed by atoms with Crippen LogP contribution in [0.5, 0.6) is 0 Å². The van der Waals surface area contributed by atoms with Gasteiger partial charge in [-0.25, -0.2) is 9.67 Å². The first-order valence-electron chi connectivity index (χ1n) is 7.00. The first-order valence-corrected chi connectivity index (χ1v) is 7.00. The molecule has 0 spiro atoms. The maximum absolute atomic E-state index is 9.22. The van der Waals surface area contributed by atoms with Crippen LogP contribution in [0.15, 0.2) is 60.9 Å². The van der Waals surface area contributed by atoms with Gasteiger partial charge in [0.25, 0.3) is 0 Å². The number of benzene rings is 1. The average Bonchev–Trinajstić information content (AvgIpc) is 3.02. The molecular formula is C17H17N3O. The molecule has 0 radical (unpaired) electrons. The lowest BCUT2D eigenvalue weighted by Crippen LogP contribution is -2.06. The molecule has 0 aliphatic heterocycles. The highest BCUT2D eigenvalue weighted by atomic mass is 16.3. The van der Waals surface area contributed by atoms with Crippen molar-refractivity contribution in [3.8, 4) is 5.82 Å². The summed E-state index contributed by atoms with van der Waals surface area (Å²) in [6.45, 7) is 0.0101. The Morgan fingerprint density at radius 1 is 0.905 bits per heavy atom. The second-order valence-electron chi connectivity index (χ2n) is 4.90. The van der Waals surface area contributed by atoms with Crippen molar-refractivity contribution in [2.75, 3.05) is 0 Å². The predicted octanol–water partition coefficient (Wildman–Crippen LogP) is 2.54. The number of hydrogen-bond donors (Lipinski definition) is 1. The summed E-state index contributed by atoms with van der Waals surface area (Å²) >= 11 is 0. The molecule has 2 aromatic heterocycles. The smallest absolute Gasteiger partial charge is 0.153 e. The molecule has 0 saturated heterocycles. The Kier molecular flexibility index (Phi) is 4.07. The van der Waals surface area contributed by atoms with Gasteiger partial charge in [0.2, 0.25) is 0 Å². The van der Waals surface area contributed by atoms with Gasteiger partial charge >= 0.3 is 0 Å². The molecule has 0 unspecified atom stereocenters. The quantitative estimate of drug-likeness (QED) is 0.781. The average molecular weight is 279 g/mol. The molecule has 0 atom stereocenters. The highest BCUT2D eigenvalue weighted by Gasteiger charge is 2.07. The van der Waals surface area contributed by atoms with E-state index >= 15 is 0 Å². The molecule has 106 valence electrons. The van der Waals surface area contributed by atoms with E-state index in [1.54, 1.807) is 18.5 Å². The molecule has 1 aromatic carbocycles. The van der Waals surface area contributed by atoms with E-state index in [4.69, 9.17) is 0 Å². The number of aliphatic hydroxyl groups is 1. The van der Waals surface area contributed by atoms with Gasteiger partial charge in [0.1, 0.15) is 0 Å². The van der Waals surface area contributed by atoms with Gasteiger partial charge in [-0.3, -0.25) is 0 Å². The van der Waals surface area contributed by atoms with Crippen molar-refractivity contribution >= 4 is 0 Å². The van der Waals surface area contributed by atoms with Gasteiger partial charge in [-0.1, -0.05) is 30.3 Å². The minimum absolute atomic E-state index is 0.0101. The van der Waals surface area contributed by atoms with Crippen molar-refractivity contribution in [1.82, 2.24) is 14.8 Å². The van der Waals surface area contributed by atoms with Crippen LogP contribution in [0.3, 0.4) is 0 Å². The summed E-state index contributed by atoms with van der Waals surface area (Å²) < 4.78 is 1.84. The van der Waals surface area contributed by atoms with Crippen molar-refractivity contribution in [2.45, 2.75) is 19.4 Å². The van der Waals surface area contributed by atoms with Crippen molar-refractivity contribution in [1.29, 1.82) is 0 Å². The molecule has 3 aromatic rings. The fraction of sp³-hybridized carbons (Fsp3) is 0.176. The van der Waals surface area contributed by atoms with E-state index in [1.807, 2.05) is 22.9 Å². The first kappa shape index (κ1) is 13.5. The van der Waals surface area contributed by atoms with Crippen LogP contribution in [0.4, 0.5) is 0 Å². The van der Waals surface area contributed by atoms with E-state index in [0.717, 1.165) is 29.9 Å². The van der Waals surface area contributed by atoms with Crippen LogP contribution in [0.25, 0.3) is 5.82 Å². The molecule has 4 heteroatoms. The summed E-state index contributed by atoms with van der Waals surface area (Å²) in [5.41, 5.74) is 3.26. The van der Waals surface area contributed by atoms with Gasteiger partial charge in [-0.2, -0.15) is 5.10 Å². The van der Waals surface area contributed by atoms with Gasteiger partial charge in [-0.15, -0.1) is 0 Å². The lowest BCUT2D eigenvalue weighted by molar-refractivity contribution is 0.281. The van der Waals surface area contributed by atoms with Gasteiger partial charge < -0.3 is 5.11 Å². The third kappa shape index (κ3) is 3.17. The van der Waals surface area contributed by atoms with Crippen molar-refractivity contribution in [3.05, 3.63) is 77.7 Å². The van der Waals surface area contributed by atoms with E-state index in [-0.39, 0.29) is 6.61 Å². The highest BCUT2D eigenvalue weighted by Crippen LogP contribution is 2.12. The van der Waals surface area contributed by atoms with Gasteiger partial charge in [0, 0.05) is 18.1 Å². The zero-order chi connectivity index (χ0) is 14.5.